The number of nitrogens with zero attached hydrogens (tertiary/aromatic N) is 4. The van der Waals surface area contributed by atoms with Gasteiger partial charge in [-0.2, -0.15) is 10.2 Å². The van der Waals surface area contributed by atoms with Crippen LogP contribution in [0.2, 0.25) is 0 Å². The number of aromatic nitrogens is 5. The van der Waals surface area contributed by atoms with Crippen LogP contribution in [0.15, 0.2) is 35.3 Å². The molecule has 0 aliphatic carbocycles. The Balaban J connectivity index is 1.94. The highest BCUT2D eigenvalue weighted by atomic mass is 16.3. The van der Waals surface area contributed by atoms with Crippen LogP contribution in [0.25, 0.3) is 22.0 Å². The van der Waals surface area contributed by atoms with Crippen molar-refractivity contribution in [2.45, 2.75) is 53.7 Å². The van der Waals surface area contributed by atoms with Gasteiger partial charge in [0.15, 0.2) is 0 Å². The highest BCUT2D eigenvalue weighted by Crippen LogP contribution is 2.31. The lowest BCUT2D eigenvalue weighted by Crippen LogP contribution is -2.22. The van der Waals surface area contributed by atoms with Gasteiger partial charge in [0.1, 0.15) is 0 Å². The van der Waals surface area contributed by atoms with E-state index in [0.29, 0.717) is 17.8 Å². The normalized spacial score (nSPS) is 11.7. The minimum Gasteiger partial charge on any atom is -0.392 e. The van der Waals surface area contributed by atoms with Gasteiger partial charge in [-0.3, -0.25) is 9.89 Å². The van der Waals surface area contributed by atoms with Crippen LogP contribution < -0.4 is 5.56 Å². The van der Waals surface area contributed by atoms with E-state index in [4.69, 9.17) is 0 Å². The highest BCUT2D eigenvalue weighted by molar-refractivity contribution is 5.97. The summed E-state index contributed by atoms with van der Waals surface area (Å²) < 4.78 is 3.62. The Labute approximate surface area is 187 Å². The van der Waals surface area contributed by atoms with Crippen LogP contribution in [0, 0.1) is 19.8 Å². The molecule has 32 heavy (non-hydrogen) atoms. The zero-order chi connectivity index (χ0) is 23.0. The molecule has 0 saturated heterocycles. The lowest BCUT2D eigenvalue weighted by molar-refractivity contribution is 0.282. The van der Waals surface area contributed by atoms with Gasteiger partial charge >= 0.3 is 0 Å². The van der Waals surface area contributed by atoms with Crippen LogP contribution in [0.3, 0.4) is 0 Å². The van der Waals surface area contributed by atoms with E-state index >= 15 is 0 Å². The highest BCUT2D eigenvalue weighted by Gasteiger charge is 2.21. The van der Waals surface area contributed by atoms with Gasteiger partial charge < -0.3 is 9.67 Å². The summed E-state index contributed by atoms with van der Waals surface area (Å²) in [6.07, 6.45) is 3.67. The van der Waals surface area contributed by atoms with Gasteiger partial charge in [0.25, 0.3) is 5.56 Å². The molecule has 0 unspecified atom stereocenters. The fourth-order valence-corrected chi connectivity index (χ4v) is 4.45. The third kappa shape index (κ3) is 4.00. The SMILES string of the molecule is Cc1n[nH]c(C)c1CCn1cc2c(CC(C)C)nn(C)c(=O)c2c1-c1cccc(CO)c1. The van der Waals surface area contributed by atoms with Crippen LogP contribution in [0.5, 0.6) is 0 Å². The number of hydrogen-bond acceptors (Lipinski definition) is 4. The first-order valence-electron chi connectivity index (χ1n) is 11.1. The summed E-state index contributed by atoms with van der Waals surface area (Å²) >= 11 is 0. The number of aliphatic hydroxyl groups is 1. The van der Waals surface area contributed by atoms with Crippen molar-refractivity contribution in [2.24, 2.45) is 13.0 Å². The van der Waals surface area contributed by atoms with Gasteiger partial charge in [0.05, 0.1) is 29.1 Å². The Morgan fingerprint density at radius 1 is 1.22 bits per heavy atom. The maximum Gasteiger partial charge on any atom is 0.276 e. The van der Waals surface area contributed by atoms with Crippen molar-refractivity contribution in [3.8, 4) is 11.3 Å². The summed E-state index contributed by atoms with van der Waals surface area (Å²) in [5.74, 6) is 0.420. The molecule has 0 aliphatic rings. The maximum atomic E-state index is 13.3. The summed E-state index contributed by atoms with van der Waals surface area (Å²) in [5, 5.41) is 23.3. The van der Waals surface area contributed by atoms with E-state index < -0.39 is 0 Å². The molecule has 0 amide bonds. The van der Waals surface area contributed by atoms with Crippen molar-refractivity contribution in [3.05, 3.63) is 69.0 Å². The Kier molecular flexibility index (Phi) is 6.02. The predicted molar refractivity (Wildman–Crippen MR) is 127 cm³/mol. The van der Waals surface area contributed by atoms with Crippen LogP contribution >= 0.6 is 0 Å². The molecule has 0 spiro atoms. The molecule has 0 bridgehead atoms. The number of hydrogen-bond donors (Lipinski definition) is 2. The van der Waals surface area contributed by atoms with Gasteiger partial charge in [0, 0.05) is 30.9 Å². The number of nitrogens with one attached hydrogen (secondary N) is 1. The topological polar surface area (TPSA) is 88.7 Å². The third-order valence-electron chi connectivity index (χ3n) is 6.04. The number of benzene rings is 1. The van der Waals surface area contributed by atoms with Gasteiger partial charge in [0.2, 0.25) is 0 Å². The molecule has 0 saturated carbocycles. The summed E-state index contributed by atoms with van der Waals surface area (Å²) in [5.41, 5.74) is 6.72. The largest absolute Gasteiger partial charge is 0.392 e. The van der Waals surface area contributed by atoms with Crippen molar-refractivity contribution < 1.29 is 5.11 Å². The van der Waals surface area contributed by atoms with Crippen LogP contribution in [0.4, 0.5) is 0 Å². The van der Waals surface area contributed by atoms with Crippen LogP contribution in [0.1, 0.15) is 42.1 Å². The molecule has 3 heterocycles. The van der Waals surface area contributed by atoms with Crippen molar-refractivity contribution >= 4 is 10.8 Å². The number of aliphatic hydroxyl groups excluding tert-OH is 1. The first-order valence-corrected chi connectivity index (χ1v) is 11.1. The molecule has 7 nitrogen and oxygen atoms in total. The minimum atomic E-state index is -0.105. The molecule has 0 radical (unpaired) electrons. The Morgan fingerprint density at radius 3 is 2.66 bits per heavy atom. The minimum absolute atomic E-state index is 0.0436. The standard InChI is InChI=1S/C25H31N5O2/c1-15(2)11-22-21-13-30(10-9-20-16(3)26-27-17(20)4)24(23(21)25(32)29(5)28-22)19-8-6-7-18(12-19)14-31/h6-8,12-13,15,31H,9-11,14H2,1-5H3,(H,26,27). The fraction of sp³-hybridized carbons (Fsp3) is 0.400. The second-order valence-electron chi connectivity index (χ2n) is 8.95. The van der Waals surface area contributed by atoms with Gasteiger partial charge in [-0.1, -0.05) is 32.0 Å². The summed E-state index contributed by atoms with van der Waals surface area (Å²) in [6.45, 7) is 9.03. The number of rotatable bonds is 7. The zero-order valence-corrected chi connectivity index (χ0v) is 19.4. The zero-order valence-electron chi connectivity index (χ0n) is 19.4. The average Bonchev–Trinajstić information content (AvgIpc) is 3.30. The van der Waals surface area contributed by atoms with Gasteiger partial charge in [-0.15, -0.1) is 0 Å². The summed E-state index contributed by atoms with van der Waals surface area (Å²) in [7, 11) is 1.72. The van der Waals surface area contributed by atoms with Crippen LogP contribution in [-0.2, 0) is 33.0 Å². The molecule has 1 aromatic carbocycles. The summed E-state index contributed by atoms with van der Waals surface area (Å²) in [6, 6.07) is 7.78. The van der Waals surface area contributed by atoms with E-state index in [9.17, 15) is 9.90 Å². The quantitative estimate of drug-likeness (QED) is 0.465. The first-order chi connectivity index (χ1) is 15.3. The molecular weight excluding hydrogens is 402 g/mol. The molecular formula is C25H31N5O2. The van der Waals surface area contributed by atoms with Crippen molar-refractivity contribution in [1.29, 1.82) is 0 Å². The predicted octanol–water partition coefficient (Wildman–Crippen LogP) is 3.68. The third-order valence-corrected chi connectivity index (χ3v) is 6.04. The van der Waals surface area contributed by atoms with Gasteiger partial charge in [-0.05, 0) is 55.4 Å². The van der Waals surface area contributed by atoms with Crippen molar-refractivity contribution in [3.63, 3.8) is 0 Å². The van der Waals surface area contributed by atoms with Crippen molar-refractivity contribution in [2.75, 3.05) is 0 Å². The lowest BCUT2D eigenvalue weighted by Gasteiger charge is -2.12. The van der Waals surface area contributed by atoms with E-state index in [1.807, 2.05) is 38.1 Å². The van der Waals surface area contributed by atoms with E-state index in [-0.39, 0.29) is 12.2 Å². The molecule has 3 aromatic heterocycles. The summed E-state index contributed by atoms with van der Waals surface area (Å²) in [4.78, 5) is 13.3. The second-order valence-corrected chi connectivity index (χ2v) is 8.95. The Morgan fingerprint density at radius 2 is 2.00 bits per heavy atom. The monoisotopic (exact) mass is 433 g/mol. The molecule has 4 aromatic rings. The Bertz CT molecular complexity index is 1310. The van der Waals surface area contributed by atoms with Crippen LogP contribution in [-0.4, -0.2) is 29.7 Å². The molecule has 7 heteroatoms. The van der Waals surface area contributed by atoms with E-state index in [1.54, 1.807) is 7.05 Å². The number of fused-ring (bicyclic) bond motifs is 1. The van der Waals surface area contributed by atoms with Gasteiger partial charge in [-0.25, -0.2) is 4.68 Å². The van der Waals surface area contributed by atoms with Crippen molar-refractivity contribution in [1.82, 2.24) is 24.5 Å². The van der Waals surface area contributed by atoms with E-state index in [0.717, 1.165) is 52.1 Å². The molecule has 0 aliphatic heterocycles. The number of H-pyrrole nitrogens is 1. The molecule has 2 N–H and O–H groups in total. The molecule has 0 fully saturated rings. The molecule has 0 atom stereocenters. The first kappa shape index (κ1) is 22.0. The van der Waals surface area contributed by atoms with E-state index in [2.05, 4.69) is 39.9 Å². The molecule has 4 rings (SSSR count). The second kappa shape index (κ2) is 8.74. The smallest absolute Gasteiger partial charge is 0.276 e. The lowest BCUT2D eigenvalue weighted by atomic mass is 10.0. The Hall–Kier alpha value is -3.19. The molecule has 168 valence electrons. The van der Waals surface area contributed by atoms with E-state index in [1.165, 1.54) is 10.2 Å². The average molecular weight is 434 g/mol. The number of aryl methyl sites for hydroxylation is 4. The fourth-order valence-electron chi connectivity index (χ4n) is 4.45. The maximum absolute atomic E-state index is 13.3. The number of aromatic amines is 1.